The summed E-state index contributed by atoms with van der Waals surface area (Å²) in [7, 11) is 2.11. The topological polar surface area (TPSA) is 64.6 Å². The first-order valence-electron chi connectivity index (χ1n) is 8.98. The van der Waals surface area contributed by atoms with E-state index >= 15 is 0 Å². The zero-order chi connectivity index (χ0) is 18.6. The summed E-state index contributed by atoms with van der Waals surface area (Å²) in [5.74, 6) is 0.145. The molecule has 138 valence electrons. The van der Waals surface area contributed by atoms with Crippen LogP contribution in [0.1, 0.15) is 58.9 Å². The number of hydrogen-bond donors (Lipinski definition) is 3. The van der Waals surface area contributed by atoms with Crippen molar-refractivity contribution < 1.29 is 9.90 Å². The van der Waals surface area contributed by atoms with Crippen LogP contribution in [0.4, 0.5) is 5.00 Å². The van der Waals surface area contributed by atoms with Gasteiger partial charge in [-0.25, -0.2) is 0 Å². The molecular weight excluding hydrogens is 346 g/mol. The van der Waals surface area contributed by atoms with Crippen molar-refractivity contribution in [2.75, 3.05) is 18.9 Å². The van der Waals surface area contributed by atoms with E-state index in [0.717, 1.165) is 35.6 Å². The highest BCUT2D eigenvalue weighted by Crippen LogP contribution is 2.42. The Morgan fingerprint density at radius 1 is 1.27 bits per heavy atom. The van der Waals surface area contributed by atoms with Crippen molar-refractivity contribution >= 4 is 22.2 Å². The van der Waals surface area contributed by atoms with E-state index in [0.29, 0.717) is 5.56 Å². The lowest BCUT2D eigenvalue weighted by Crippen LogP contribution is -2.38. The summed E-state index contributed by atoms with van der Waals surface area (Å²) in [6.45, 7) is 8.27. The van der Waals surface area contributed by atoms with Gasteiger partial charge in [0.05, 0.1) is 5.56 Å². The van der Waals surface area contributed by atoms with Gasteiger partial charge < -0.3 is 20.6 Å². The molecule has 0 aliphatic carbocycles. The lowest BCUT2D eigenvalue weighted by molar-refractivity contribution is 0.0934. The molecule has 26 heavy (non-hydrogen) atoms. The minimum atomic E-state index is -0.421. The second-order valence-electron chi connectivity index (χ2n) is 8.27. The Kier molecular flexibility index (Phi) is 4.00. The molecule has 0 fully saturated rings. The maximum atomic E-state index is 12.8. The lowest BCUT2D eigenvalue weighted by Gasteiger charge is -2.29. The molecule has 0 saturated carbocycles. The third-order valence-corrected chi connectivity index (χ3v) is 6.38. The number of fused-ring (bicyclic) bond motifs is 3. The SMILES string of the molecule is CN1CCc2c(sc3c2C(=O)NC(c2cc(C(C)(C)C)ccc2O)N3)C1. The van der Waals surface area contributed by atoms with Crippen molar-refractivity contribution in [1.82, 2.24) is 10.2 Å². The highest BCUT2D eigenvalue weighted by molar-refractivity contribution is 7.16. The second-order valence-corrected chi connectivity index (χ2v) is 9.38. The van der Waals surface area contributed by atoms with Crippen LogP contribution in [0, 0.1) is 0 Å². The van der Waals surface area contributed by atoms with Crippen LogP contribution < -0.4 is 10.6 Å². The number of carbonyl (C=O) groups excluding carboxylic acids is 1. The predicted molar refractivity (Wildman–Crippen MR) is 105 cm³/mol. The fraction of sp³-hybridized carbons (Fsp3) is 0.450. The van der Waals surface area contributed by atoms with Crippen LogP contribution in [0.25, 0.3) is 0 Å². The average molecular weight is 372 g/mol. The van der Waals surface area contributed by atoms with E-state index in [2.05, 4.69) is 43.4 Å². The van der Waals surface area contributed by atoms with Gasteiger partial charge in [-0.2, -0.15) is 0 Å². The molecule has 1 atom stereocenters. The second kappa shape index (κ2) is 5.99. The van der Waals surface area contributed by atoms with Crippen LogP contribution >= 0.6 is 11.3 Å². The number of thiophene rings is 1. The number of amides is 1. The molecule has 1 aromatic carbocycles. The van der Waals surface area contributed by atoms with Crippen LogP contribution in [0.15, 0.2) is 18.2 Å². The third kappa shape index (κ3) is 2.87. The molecular formula is C20H25N3O2S. The fourth-order valence-electron chi connectivity index (χ4n) is 3.65. The molecule has 3 N–H and O–H groups in total. The Morgan fingerprint density at radius 2 is 2.04 bits per heavy atom. The summed E-state index contributed by atoms with van der Waals surface area (Å²) in [6, 6.07) is 5.64. The monoisotopic (exact) mass is 371 g/mol. The summed E-state index contributed by atoms with van der Waals surface area (Å²) >= 11 is 1.66. The van der Waals surface area contributed by atoms with E-state index in [-0.39, 0.29) is 17.1 Å². The smallest absolute Gasteiger partial charge is 0.256 e. The number of carbonyl (C=O) groups is 1. The largest absolute Gasteiger partial charge is 0.508 e. The molecule has 0 radical (unpaired) electrons. The molecule has 2 aliphatic heterocycles. The molecule has 2 aliphatic rings. The first-order valence-corrected chi connectivity index (χ1v) is 9.79. The number of aromatic hydroxyl groups is 1. The summed E-state index contributed by atoms with van der Waals surface area (Å²) in [4.78, 5) is 16.4. The van der Waals surface area contributed by atoms with Crippen molar-refractivity contribution in [3.63, 3.8) is 0 Å². The summed E-state index contributed by atoms with van der Waals surface area (Å²) < 4.78 is 0. The highest BCUT2D eigenvalue weighted by Gasteiger charge is 2.34. The molecule has 1 aromatic heterocycles. The number of rotatable bonds is 1. The molecule has 0 bridgehead atoms. The normalized spacial score (nSPS) is 20.2. The summed E-state index contributed by atoms with van der Waals surface area (Å²) in [5, 5.41) is 17.8. The van der Waals surface area contributed by atoms with Crippen molar-refractivity contribution in [1.29, 1.82) is 0 Å². The molecule has 0 spiro atoms. The molecule has 5 nitrogen and oxygen atoms in total. The lowest BCUT2D eigenvalue weighted by atomic mass is 9.85. The Bertz CT molecular complexity index is 882. The van der Waals surface area contributed by atoms with Crippen molar-refractivity contribution in [2.24, 2.45) is 0 Å². The quantitative estimate of drug-likeness (QED) is 0.717. The molecule has 4 rings (SSSR count). The standard InChI is InChI=1S/C20H25N3O2S/c1-20(2,3)11-5-6-14(24)13(9-11)17-21-18(25)16-12-7-8-23(4)10-15(12)26-19(16)22-17/h5-6,9,17,22,24H,7-8,10H2,1-4H3,(H,21,25). The molecule has 0 saturated heterocycles. The number of phenols is 1. The van der Waals surface area contributed by atoms with Gasteiger partial charge in [-0.3, -0.25) is 4.79 Å². The fourth-order valence-corrected chi connectivity index (χ4v) is 5.00. The number of nitrogens with zero attached hydrogens (tertiary/aromatic N) is 1. The Labute approximate surface area is 158 Å². The number of anilines is 1. The van der Waals surface area contributed by atoms with Gasteiger partial charge in [-0.1, -0.05) is 26.8 Å². The van der Waals surface area contributed by atoms with E-state index in [4.69, 9.17) is 0 Å². The summed E-state index contributed by atoms with van der Waals surface area (Å²) in [6.07, 6.45) is 0.484. The van der Waals surface area contributed by atoms with E-state index in [9.17, 15) is 9.90 Å². The van der Waals surface area contributed by atoms with E-state index in [1.54, 1.807) is 17.4 Å². The van der Waals surface area contributed by atoms with Crippen molar-refractivity contribution in [3.8, 4) is 5.75 Å². The maximum absolute atomic E-state index is 12.8. The molecule has 2 aromatic rings. The average Bonchev–Trinajstić information content (AvgIpc) is 2.91. The number of hydrogen-bond acceptors (Lipinski definition) is 5. The minimum Gasteiger partial charge on any atom is -0.508 e. The zero-order valence-corrected chi connectivity index (χ0v) is 16.5. The van der Waals surface area contributed by atoms with Gasteiger partial charge in [-0.15, -0.1) is 11.3 Å². The highest BCUT2D eigenvalue weighted by atomic mass is 32.1. The van der Waals surface area contributed by atoms with Gasteiger partial charge in [0.25, 0.3) is 5.91 Å². The van der Waals surface area contributed by atoms with Gasteiger partial charge in [0.15, 0.2) is 0 Å². The molecule has 1 unspecified atom stereocenters. The van der Waals surface area contributed by atoms with E-state index < -0.39 is 6.17 Å². The van der Waals surface area contributed by atoms with Crippen LogP contribution in [0.5, 0.6) is 5.75 Å². The van der Waals surface area contributed by atoms with Gasteiger partial charge >= 0.3 is 0 Å². The Morgan fingerprint density at radius 3 is 2.77 bits per heavy atom. The minimum absolute atomic E-state index is 0.0289. The first kappa shape index (κ1) is 17.4. The van der Waals surface area contributed by atoms with Gasteiger partial charge in [0.2, 0.25) is 0 Å². The zero-order valence-electron chi connectivity index (χ0n) is 15.6. The van der Waals surface area contributed by atoms with Gasteiger partial charge in [-0.05, 0) is 42.1 Å². The predicted octanol–water partition coefficient (Wildman–Crippen LogP) is 3.59. The Balaban J connectivity index is 1.71. The van der Waals surface area contributed by atoms with Crippen LogP contribution in [0.2, 0.25) is 0 Å². The number of likely N-dealkylation sites (N-methyl/N-ethyl adjacent to an activating group) is 1. The van der Waals surface area contributed by atoms with Crippen molar-refractivity contribution in [2.45, 2.75) is 45.3 Å². The molecule has 1 amide bonds. The van der Waals surface area contributed by atoms with Crippen molar-refractivity contribution in [3.05, 3.63) is 45.3 Å². The summed E-state index contributed by atoms with van der Waals surface area (Å²) in [5.41, 5.74) is 3.78. The van der Waals surface area contributed by atoms with Gasteiger partial charge in [0, 0.05) is 23.5 Å². The van der Waals surface area contributed by atoms with Crippen LogP contribution in [-0.2, 0) is 18.4 Å². The Hall–Kier alpha value is -2.05. The molecule has 3 heterocycles. The third-order valence-electron chi connectivity index (χ3n) is 5.23. The van der Waals surface area contributed by atoms with E-state index in [1.165, 1.54) is 10.4 Å². The van der Waals surface area contributed by atoms with Crippen LogP contribution in [0.3, 0.4) is 0 Å². The van der Waals surface area contributed by atoms with Gasteiger partial charge in [0.1, 0.15) is 16.9 Å². The number of phenolic OH excluding ortho intramolecular Hbond substituents is 1. The van der Waals surface area contributed by atoms with Crippen LogP contribution in [-0.4, -0.2) is 29.5 Å². The maximum Gasteiger partial charge on any atom is 0.256 e. The molecule has 6 heteroatoms. The number of benzene rings is 1. The first-order chi connectivity index (χ1) is 12.2. The number of nitrogens with one attached hydrogen (secondary N) is 2. The van der Waals surface area contributed by atoms with E-state index in [1.807, 2.05) is 12.1 Å².